The van der Waals surface area contributed by atoms with Gasteiger partial charge in [-0.1, -0.05) is 48.0 Å². The molecule has 0 radical (unpaired) electrons. The molecule has 0 aromatic heterocycles. The van der Waals surface area contributed by atoms with E-state index in [-0.39, 0.29) is 0 Å². The number of thioether (sulfide) groups is 1. The van der Waals surface area contributed by atoms with E-state index in [2.05, 4.69) is 42.3 Å². The van der Waals surface area contributed by atoms with Gasteiger partial charge >= 0.3 is 0 Å². The molecule has 0 heterocycles. The zero-order valence-corrected chi connectivity index (χ0v) is 12.6. The van der Waals surface area contributed by atoms with Crippen molar-refractivity contribution in [2.75, 3.05) is 19.3 Å². The van der Waals surface area contributed by atoms with Crippen molar-refractivity contribution in [2.45, 2.75) is 11.4 Å². The third-order valence-electron chi connectivity index (χ3n) is 2.88. The SMILES string of the molecule is CN(CCSc1ccccc1)Cc1ccccc1Cl. The van der Waals surface area contributed by atoms with Crippen molar-refractivity contribution >= 4 is 23.4 Å². The monoisotopic (exact) mass is 291 g/mol. The van der Waals surface area contributed by atoms with Crippen LogP contribution in [0.5, 0.6) is 0 Å². The quantitative estimate of drug-likeness (QED) is 0.718. The van der Waals surface area contributed by atoms with Gasteiger partial charge in [0, 0.05) is 28.8 Å². The molecule has 0 saturated carbocycles. The zero-order valence-electron chi connectivity index (χ0n) is 11.1. The van der Waals surface area contributed by atoms with Crippen LogP contribution < -0.4 is 0 Å². The molecule has 0 fully saturated rings. The van der Waals surface area contributed by atoms with Crippen molar-refractivity contribution in [2.24, 2.45) is 0 Å². The fourth-order valence-electron chi connectivity index (χ4n) is 1.83. The van der Waals surface area contributed by atoms with E-state index in [0.717, 1.165) is 23.9 Å². The average Bonchev–Trinajstić information content (AvgIpc) is 2.43. The molecule has 0 unspecified atom stereocenters. The minimum atomic E-state index is 0.852. The molecule has 0 N–H and O–H groups in total. The van der Waals surface area contributed by atoms with Gasteiger partial charge in [0.05, 0.1) is 0 Å². The van der Waals surface area contributed by atoms with Gasteiger partial charge in [-0.3, -0.25) is 0 Å². The maximum Gasteiger partial charge on any atom is 0.0451 e. The summed E-state index contributed by atoms with van der Waals surface area (Å²) in [5, 5.41) is 0.852. The summed E-state index contributed by atoms with van der Waals surface area (Å²) in [6.07, 6.45) is 0. The second-order valence-corrected chi connectivity index (χ2v) is 6.07. The molecule has 0 aliphatic carbocycles. The first-order valence-corrected chi connectivity index (χ1v) is 7.72. The van der Waals surface area contributed by atoms with Crippen molar-refractivity contribution in [3.63, 3.8) is 0 Å². The molecule has 0 amide bonds. The normalized spacial score (nSPS) is 10.9. The Morgan fingerprint density at radius 1 is 1.00 bits per heavy atom. The molecule has 0 aliphatic heterocycles. The van der Waals surface area contributed by atoms with Crippen LogP contribution in [0.3, 0.4) is 0 Å². The van der Waals surface area contributed by atoms with Crippen LogP contribution in [-0.4, -0.2) is 24.2 Å². The van der Waals surface area contributed by atoms with Crippen LogP contribution >= 0.6 is 23.4 Å². The summed E-state index contributed by atoms with van der Waals surface area (Å²) in [7, 11) is 2.13. The van der Waals surface area contributed by atoms with Crippen molar-refractivity contribution in [3.05, 3.63) is 65.2 Å². The molecule has 0 spiro atoms. The van der Waals surface area contributed by atoms with Gasteiger partial charge in [-0.2, -0.15) is 0 Å². The van der Waals surface area contributed by atoms with Crippen LogP contribution in [0, 0.1) is 0 Å². The molecule has 2 rings (SSSR count). The highest BCUT2D eigenvalue weighted by molar-refractivity contribution is 7.99. The summed E-state index contributed by atoms with van der Waals surface area (Å²) in [6, 6.07) is 18.5. The molecule has 1 nitrogen and oxygen atoms in total. The fraction of sp³-hybridized carbons (Fsp3) is 0.250. The number of nitrogens with zero attached hydrogens (tertiary/aromatic N) is 1. The predicted octanol–water partition coefficient (Wildman–Crippen LogP) is 4.56. The van der Waals surface area contributed by atoms with Gasteiger partial charge in [0.2, 0.25) is 0 Å². The molecule has 100 valence electrons. The molecular weight excluding hydrogens is 274 g/mol. The van der Waals surface area contributed by atoms with Crippen LogP contribution in [0.2, 0.25) is 5.02 Å². The molecule has 0 aliphatic rings. The van der Waals surface area contributed by atoms with Crippen LogP contribution in [0.1, 0.15) is 5.56 Å². The third kappa shape index (κ3) is 4.90. The van der Waals surface area contributed by atoms with Gasteiger partial charge < -0.3 is 4.90 Å². The Morgan fingerprint density at radius 3 is 2.42 bits per heavy atom. The first-order chi connectivity index (χ1) is 9.25. The lowest BCUT2D eigenvalue weighted by Crippen LogP contribution is -2.20. The lowest BCUT2D eigenvalue weighted by Gasteiger charge is -2.17. The summed E-state index contributed by atoms with van der Waals surface area (Å²) in [4.78, 5) is 3.63. The third-order valence-corrected chi connectivity index (χ3v) is 4.24. The van der Waals surface area contributed by atoms with E-state index >= 15 is 0 Å². The second-order valence-electron chi connectivity index (χ2n) is 4.49. The van der Waals surface area contributed by atoms with E-state index in [4.69, 9.17) is 11.6 Å². The van der Waals surface area contributed by atoms with Crippen molar-refractivity contribution in [3.8, 4) is 0 Å². The van der Waals surface area contributed by atoms with Gasteiger partial charge in [-0.15, -0.1) is 11.8 Å². The van der Waals surface area contributed by atoms with E-state index in [1.165, 1.54) is 10.5 Å². The molecule has 0 bridgehead atoms. The van der Waals surface area contributed by atoms with Gasteiger partial charge in [0.1, 0.15) is 0 Å². The molecule has 2 aromatic carbocycles. The topological polar surface area (TPSA) is 3.24 Å². The van der Waals surface area contributed by atoms with Gasteiger partial charge in [0.25, 0.3) is 0 Å². The molecule has 19 heavy (non-hydrogen) atoms. The van der Waals surface area contributed by atoms with E-state index in [1.807, 2.05) is 36.0 Å². The largest absolute Gasteiger partial charge is 0.301 e. The van der Waals surface area contributed by atoms with Crippen LogP contribution in [-0.2, 0) is 6.54 Å². The van der Waals surface area contributed by atoms with E-state index in [1.54, 1.807) is 0 Å². The summed E-state index contributed by atoms with van der Waals surface area (Å²) < 4.78 is 0. The number of hydrogen-bond acceptors (Lipinski definition) is 2. The Labute approximate surface area is 124 Å². The zero-order chi connectivity index (χ0) is 13.5. The van der Waals surface area contributed by atoms with Gasteiger partial charge in [-0.05, 0) is 30.8 Å². The van der Waals surface area contributed by atoms with Crippen molar-refractivity contribution in [1.82, 2.24) is 4.90 Å². The number of rotatable bonds is 6. The van der Waals surface area contributed by atoms with Crippen molar-refractivity contribution in [1.29, 1.82) is 0 Å². The summed E-state index contributed by atoms with van der Waals surface area (Å²) in [6.45, 7) is 1.94. The first kappa shape index (κ1) is 14.4. The van der Waals surface area contributed by atoms with E-state index < -0.39 is 0 Å². The highest BCUT2D eigenvalue weighted by atomic mass is 35.5. The lowest BCUT2D eigenvalue weighted by molar-refractivity contribution is 0.349. The van der Waals surface area contributed by atoms with Crippen LogP contribution in [0.25, 0.3) is 0 Å². The molecule has 3 heteroatoms. The second kappa shape index (κ2) is 7.59. The molecule has 0 saturated heterocycles. The summed E-state index contributed by atoms with van der Waals surface area (Å²) in [5.74, 6) is 1.09. The summed E-state index contributed by atoms with van der Waals surface area (Å²) >= 11 is 8.06. The Kier molecular flexibility index (Phi) is 5.77. The van der Waals surface area contributed by atoms with E-state index in [0.29, 0.717) is 0 Å². The Bertz CT molecular complexity index is 501. The fourth-order valence-corrected chi connectivity index (χ4v) is 3.02. The van der Waals surface area contributed by atoms with Crippen molar-refractivity contribution < 1.29 is 0 Å². The Balaban J connectivity index is 1.76. The highest BCUT2D eigenvalue weighted by Gasteiger charge is 2.03. The molecular formula is C16H18ClNS. The Hall–Kier alpha value is -0.960. The van der Waals surface area contributed by atoms with Crippen LogP contribution in [0.15, 0.2) is 59.5 Å². The standard InChI is InChI=1S/C16H18ClNS/c1-18(13-14-7-5-6-10-16(14)17)11-12-19-15-8-3-2-4-9-15/h2-10H,11-13H2,1H3. The summed E-state index contributed by atoms with van der Waals surface area (Å²) in [5.41, 5.74) is 1.19. The number of benzene rings is 2. The van der Waals surface area contributed by atoms with E-state index in [9.17, 15) is 0 Å². The van der Waals surface area contributed by atoms with Gasteiger partial charge in [0.15, 0.2) is 0 Å². The number of hydrogen-bond donors (Lipinski definition) is 0. The maximum absolute atomic E-state index is 6.17. The molecule has 0 atom stereocenters. The predicted molar refractivity (Wildman–Crippen MR) is 85.0 cm³/mol. The lowest BCUT2D eigenvalue weighted by atomic mass is 10.2. The Morgan fingerprint density at radius 2 is 1.68 bits per heavy atom. The van der Waals surface area contributed by atoms with Crippen LogP contribution in [0.4, 0.5) is 0 Å². The number of halogens is 1. The highest BCUT2D eigenvalue weighted by Crippen LogP contribution is 2.19. The minimum Gasteiger partial charge on any atom is -0.301 e. The maximum atomic E-state index is 6.17. The van der Waals surface area contributed by atoms with Gasteiger partial charge in [-0.25, -0.2) is 0 Å². The average molecular weight is 292 g/mol. The molecule has 2 aromatic rings. The first-order valence-electron chi connectivity index (χ1n) is 6.35. The minimum absolute atomic E-state index is 0.852. The smallest absolute Gasteiger partial charge is 0.0451 e.